The van der Waals surface area contributed by atoms with E-state index in [9.17, 15) is 13.2 Å². The van der Waals surface area contributed by atoms with Crippen LogP contribution >= 0.6 is 22.6 Å². The Bertz CT molecular complexity index is 511. The summed E-state index contributed by atoms with van der Waals surface area (Å²) in [7, 11) is 0. The summed E-state index contributed by atoms with van der Waals surface area (Å²) >= 11 is 1.92. The van der Waals surface area contributed by atoms with Gasteiger partial charge in [-0.25, -0.2) is 0 Å². The third kappa shape index (κ3) is 3.29. The summed E-state index contributed by atoms with van der Waals surface area (Å²) in [6.45, 7) is 4.32. The lowest BCUT2D eigenvalue weighted by molar-refractivity contribution is -0.137. The summed E-state index contributed by atoms with van der Waals surface area (Å²) in [4.78, 5) is 4.15. The van der Waals surface area contributed by atoms with Gasteiger partial charge in [0.15, 0.2) is 0 Å². The molecule has 0 radical (unpaired) electrons. The predicted molar refractivity (Wildman–Crippen MR) is 82.6 cm³/mol. The molecule has 2 aliphatic heterocycles. The van der Waals surface area contributed by atoms with E-state index in [1.54, 1.807) is 12.1 Å². The van der Waals surface area contributed by atoms with Gasteiger partial charge < -0.3 is 9.64 Å². The number of benzene rings is 1. The molecular formula is C14H16F3IN2O. The van der Waals surface area contributed by atoms with Crippen molar-refractivity contribution in [2.24, 2.45) is 0 Å². The van der Waals surface area contributed by atoms with E-state index in [0.717, 1.165) is 26.3 Å². The summed E-state index contributed by atoms with van der Waals surface area (Å²) in [6.07, 6.45) is -4.31. The SMILES string of the molecule is FC(F)(F)c1cc(I)ccc1N1CCN(C2COC2)CC1. The molecule has 2 aliphatic rings. The van der Waals surface area contributed by atoms with Crippen molar-refractivity contribution >= 4 is 28.3 Å². The standard InChI is InChI=1S/C14H16F3IN2O/c15-14(16,17)12-7-10(18)1-2-13(12)20-5-3-19(4-6-20)11-8-21-9-11/h1-2,7,11H,3-6,8-9H2. The van der Waals surface area contributed by atoms with E-state index < -0.39 is 11.7 Å². The van der Waals surface area contributed by atoms with E-state index in [1.165, 1.54) is 6.07 Å². The largest absolute Gasteiger partial charge is 0.418 e. The fourth-order valence-electron chi connectivity index (χ4n) is 2.77. The van der Waals surface area contributed by atoms with Crippen molar-refractivity contribution in [2.45, 2.75) is 12.2 Å². The Kier molecular flexibility index (Phi) is 4.33. The first kappa shape index (κ1) is 15.4. The van der Waals surface area contributed by atoms with Crippen LogP contribution in [0.1, 0.15) is 5.56 Å². The second-order valence-electron chi connectivity index (χ2n) is 5.37. The first-order valence-corrected chi connectivity index (χ1v) is 7.96. The smallest absolute Gasteiger partial charge is 0.378 e. The second-order valence-corrected chi connectivity index (χ2v) is 6.62. The van der Waals surface area contributed by atoms with Gasteiger partial charge in [0.25, 0.3) is 0 Å². The van der Waals surface area contributed by atoms with Crippen molar-refractivity contribution in [3.05, 3.63) is 27.3 Å². The number of hydrogen-bond acceptors (Lipinski definition) is 3. The maximum Gasteiger partial charge on any atom is 0.418 e. The second kappa shape index (κ2) is 5.92. The molecule has 2 fully saturated rings. The summed E-state index contributed by atoms with van der Waals surface area (Å²) in [5.41, 5.74) is -0.234. The first-order valence-electron chi connectivity index (χ1n) is 6.88. The van der Waals surface area contributed by atoms with Crippen molar-refractivity contribution in [1.82, 2.24) is 4.90 Å². The van der Waals surface area contributed by atoms with E-state index in [0.29, 0.717) is 28.4 Å². The lowest BCUT2D eigenvalue weighted by Crippen LogP contribution is -2.56. The van der Waals surface area contributed by atoms with Gasteiger partial charge in [-0.3, -0.25) is 4.90 Å². The fraction of sp³-hybridized carbons (Fsp3) is 0.571. The molecule has 3 nitrogen and oxygen atoms in total. The van der Waals surface area contributed by atoms with Crippen molar-refractivity contribution in [1.29, 1.82) is 0 Å². The zero-order valence-corrected chi connectivity index (χ0v) is 13.5. The summed E-state index contributed by atoms with van der Waals surface area (Å²) in [6, 6.07) is 5.00. The van der Waals surface area contributed by atoms with E-state index >= 15 is 0 Å². The zero-order valence-electron chi connectivity index (χ0n) is 11.4. The van der Waals surface area contributed by atoms with Crippen LogP contribution in [-0.4, -0.2) is 50.3 Å². The lowest BCUT2D eigenvalue weighted by Gasteiger charge is -2.43. The van der Waals surface area contributed by atoms with Crippen LogP contribution < -0.4 is 4.90 Å². The van der Waals surface area contributed by atoms with Gasteiger partial charge in [-0.1, -0.05) is 0 Å². The topological polar surface area (TPSA) is 15.7 Å². The molecule has 0 amide bonds. The van der Waals surface area contributed by atoms with Crippen molar-refractivity contribution < 1.29 is 17.9 Å². The van der Waals surface area contributed by atoms with Crippen LogP contribution in [0.15, 0.2) is 18.2 Å². The van der Waals surface area contributed by atoms with Crippen LogP contribution in [-0.2, 0) is 10.9 Å². The number of halogens is 4. The number of piperazine rings is 1. The van der Waals surface area contributed by atoms with Crippen LogP contribution in [0.25, 0.3) is 0 Å². The van der Waals surface area contributed by atoms with Gasteiger partial charge in [0.1, 0.15) is 0 Å². The molecule has 0 bridgehead atoms. The van der Waals surface area contributed by atoms with Gasteiger partial charge in [-0.05, 0) is 40.8 Å². The number of nitrogens with zero attached hydrogens (tertiary/aromatic N) is 2. The summed E-state index contributed by atoms with van der Waals surface area (Å²) in [5, 5.41) is 0. The number of hydrogen-bond donors (Lipinski definition) is 0. The van der Waals surface area contributed by atoms with Crippen LogP contribution in [0, 0.1) is 3.57 Å². The van der Waals surface area contributed by atoms with Crippen molar-refractivity contribution in [3.63, 3.8) is 0 Å². The Labute approximate surface area is 135 Å². The van der Waals surface area contributed by atoms with Gasteiger partial charge in [0.2, 0.25) is 0 Å². The van der Waals surface area contributed by atoms with Crippen LogP contribution in [0.2, 0.25) is 0 Å². The molecule has 116 valence electrons. The van der Waals surface area contributed by atoms with Crippen molar-refractivity contribution in [3.8, 4) is 0 Å². The average molecular weight is 412 g/mol. The maximum absolute atomic E-state index is 13.2. The molecule has 2 heterocycles. The number of ether oxygens (including phenoxy) is 1. The summed E-state index contributed by atoms with van der Waals surface area (Å²) < 4.78 is 45.4. The average Bonchev–Trinajstić information content (AvgIpc) is 2.37. The molecule has 21 heavy (non-hydrogen) atoms. The van der Waals surface area contributed by atoms with E-state index in [-0.39, 0.29) is 0 Å². The highest BCUT2D eigenvalue weighted by Gasteiger charge is 2.36. The summed E-state index contributed by atoms with van der Waals surface area (Å²) in [5.74, 6) is 0. The Hall–Kier alpha value is -0.540. The third-order valence-corrected chi connectivity index (χ3v) is 4.73. The molecule has 0 N–H and O–H groups in total. The lowest BCUT2D eigenvalue weighted by atomic mass is 10.1. The minimum absolute atomic E-state index is 0.299. The Morgan fingerprint density at radius 3 is 2.29 bits per heavy atom. The number of rotatable bonds is 2. The van der Waals surface area contributed by atoms with Crippen molar-refractivity contribution in [2.75, 3.05) is 44.3 Å². The highest BCUT2D eigenvalue weighted by atomic mass is 127. The molecule has 7 heteroatoms. The molecule has 0 unspecified atom stereocenters. The van der Waals surface area contributed by atoms with E-state index in [1.807, 2.05) is 27.5 Å². The van der Waals surface area contributed by atoms with Gasteiger partial charge in [-0.2, -0.15) is 13.2 Å². The van der Waals surface area contributed by atoms with Crippen LogP contribution in [0.4, 0.5) is 18.9 Å². The molecule has 0 aromatic heterocycles. The Morgan fingerprint density at radius 2 is 1.76 bits per heavy atom. The molecule has 3 rings (SSSR count). The van der Waals surface area contributed by atoms with Gasteiger partial charge in [0.05, 0.1) is 24.8 Å². The zero-order chi connectivity index (χ0) is 15.0. The Balaban J connectivity index is 1.75. The molecule has 2 saturated heterocycles. The number of alkyl halides is 3. The highest BCUT2D eigenvalue weighted by molar-refractivity contribution is 14.1. The van der Waals surface area contributed by atoms with Gasteiger partial charge >= 0.3 is 6.18 Å². The van der Waals surface area contributed by atoms with Crippen LogP contribution in [0.3, 0.4) is 0 Å². The molecule has 1 aromatic rings. The molecule has 0 atom stereocenters. The molecular weight excluding hydrogens is 396 g/mol. The molecule has 1 aromatic carbocycles. The molecule has 0 aliphatic carbocycles. The third-order valence-electron chi connectivity index (χ3n) is 4.06. The predicted octanol–water partition coefficient (Wildman–Crippen LogP) is 2.83. The van der Waals surface area contributed by atoms with Crippen LogP contribution in [0.5, 0.6) is 0 Å². The Morgan fingerprint density at radius 1 is 1.10 bits per heavy atom. The highest BCUT2D eigenvalue weighted by Crippen LogP contribution is 2.38. The monoisotopic (exact) mass is 412 g/mol. The normalized spacial score (nSPS) is 21.4. The van der Waals surface area contributed by atoms with Gasteiger partial charge in [0, 0.05) is 35.4 Å². The van der Waals surface area contributed by atoms with E-state index in [2.05, 4.69) is 4.90 Å². The van der Waals surface area contributed by atoms with Gasteiger partial charge in [-0.15, -0.1) is 0 Å². The quantitative estimate of drug-likeness (QED) is 0.696. The fourth-order valence-corrected chi connectivity index (χ4v) is 3.26. The number of anilines is 1. The molecule has 0 saturated carbocycles. The first-order chi connectivity index (χ1) is 9.95. The minimum atomic E-state index is -4.31. The van der Waals surface area contributed by atoms with E-state index in [4.69, 9.17) is 4.74 Å². The molecule has 0 spiro atoms. The maximum atomic E-state index is 13.2. The minimum Gasteiger partial charge on any atom is -0.378 e.